The molecule has 0 unspecified atom stereocenters. The second-order valence-corrected chi connectivity index (χ2v) is 8.08. The van der Waals surface area contributed by atoms with Gasteiger partial charge in [-0.05, 0) is 24.3 Å². The zero-order valence-corrected chi connectivity index (χ0v) is 17.7. The molecule has 0 bridgehead atoms. The molecule has 1 aliphatic rings. The molecule has 0 spiro atoms. The number of nitrogens with zero attached hydrogens (tertiary/aromatic N) is 3. The second-order valence-electron chi connectivity index (χ2n) is 8.08. The van der Waals surface area contributed by atoms with Gasteiger partial charge in [0, 0.05) is 28.9 Å². The van der Waals surface area contributed by atoms with Crippen LogP contribution in [0.25, 0.3) is 38.6 Å². The van der Waals surface area contributed by atoms with Crippen molar-refractivity contribution >= 4 is 33.6 Å². The molecule has 0 aliphatic carbocycles. The van der Waals surface area contributed by atoms with Crippen molar-refractivity contribution in [2.45, 2.75) is 0 Å². The minimum Gasteiger partial charge on any atom is -0.308 e. The van der Waals surface area contributed by atoms with Gasteiger partial charge in [0.1, 0.15) is 0 Å². The van der Waals surface area contributed by atoms with Crippen molar-refractivity contribution in [2.24, 2.45) is 0 Å². The van der Waals surface area contributed by atoms with E-state index in [1.165, 1.54) is 7.05 Å². The Hall–Kier alpha value is -4.69. The first kappa shape index (κ1) is 19.0. The lowest BCUT2D eigenvalue weighted by atomic mass is 9.97. The normalized spacial score (nSPS) is 13.0. The number of para-hydroxylation sites is 2. The van der Waals surface area contributed by atoms with E-state index in [0.29, 0.717) is 22.4 Å². The van der Waals surface area contributed by atoms with Crippen molar-refractivity contribution in [3.63, 3.8) is 0 Å². The standard InChI is InChI=1S/C28H17N3O2/c1-30-27(32)22-13-7-15-24(25(22)28(30)33)31-23-14-5-4-10-19(23)21-12-6-11-20(26(21)31)18-9-3-2-8-17(18)16-29/h2-15H,1H3. The third-order valence-electron chi connectivity index (χ3n) is 6.37. The summed E-state index contributed by atoms with van der Waals surface area (Å²) < 4.78 is 2.05. The highest BCUT2D eigenvalue weighted by atomic mass is 16.2. The first-order valence-corrected chi connectivity index (χ1v) is 10.6. The zero-order valence-electron chi connectivity index (χ0n) is 17.7. The average Bonchev–Trinajstić information content (AvgIpc) is 3.31. The van der Waals surface area contributed by atoms with Crippen LogP contribution in [0.5, 0.6) is 0 Å². The molecule has 33 heavy (non-hydrogen) atoms. The highest BCUT2D eigenvalue weighted by Gasteiger charge is 2.36. The van der Waals surface area contributed by atoms with Gasteiger partial charge in [0.15, 0.2) is 0 Å². The number of hydrogen-bond donors (Lipinski definition) is 0. The van der Waals surface area contributed by atoms with Crippen molar-refractivity contribution < 1.29 is 9.59 Å². The van der Waals surface area contributed by atoms with Crippen LogP contribution in [0.15, 0.2) is 84.9 Å². The van der Waals surface area contributed by atoms with Crippen LogP contribution < -0.4 is 0 Å². The van der Waals surface area contributed by atoms with Crippen molar-refractivity contribution in [3.8, 4) is 22.9 Å². The summed E-state index contributed by atoms with van der Waals surface area (Å²) in [6, 6.07) is 29.2. The molecule has 1 aromatic heterocycles. The van der Waals surface area contributed by atoms with E-state index in [1.54, 1.807) is 12.1 Å². The lowest BCUT2D eigenvalue weighted by Crippen LogP contribution is -2.24. The Morgan fingerprint density at radius 3 is 2.21 bits per heavy atom. The number of carbonyl (C=O) groups is 2. The highest BCUT2D eigenvalue weighted by molar-refractivity contribution is 6.23. The molecule has 2 heterocycles. The molecule has 5 nitrogen and oxygen atoms in total. The fourth-order valence-corrected chi connectivity index (χ4v) is 4.87. The molecule has 0 saturated heterocycles. The Balaban J connectivity index is 1.81. The van der Waals surface area contributed by atoms with E-state index >= 15 is 0 Å². The van der Waals surface area contributed by atoms with E-state index in [0.717, 1.165) is 37.8 Å². The molecule has 1 aliphatic heterocycles. The quantitative estimate of drug-likeness (QED) is 0.347. The van der Waals surface area contributed by atoms with Crippen LogP contribution in [0.2, 0.25) is 0 Å². The molecule has 4 aromatic carbocycles. The number of aromatic nitrogens is 1. The summed E-state index contributed by atoms with van der Waals surface area (Å²) in [4.78, 5) is 26.9. The van der Waals surface area contributed by atoms with E-state index in [2.05, 4.69) is 22.8 Å². The molecule has 5 aromatic rings. The van der Waals surface area contributed by atoms with Gasteiger partial charge >= 0.3 is 0 Å². The van der Waals surface area contributed by atoms with Crippen LogP contribution in [0.3, 0.4) is 0 Å². The number of nitriles is 1. The predicted octanol–water partition coefficient (Wildman–Crippen LogP) is 5.55. The summed E-state index contributed by atoms with van der Waals surface area (Å²) in [6.45, 7) is 0. The topological polar surface area (TPSA) is 66.1 Å². The second kappa shape index (κ2) is 6.91. The number of benzene rings is 4. The maximum Gasteiger partial charge on any atom is 0.263 e. The molecule has 0 N–H and O–H groups in total. The molecular weight excluding hydrogens is 410 g/mol. The number of rotatable bonds is 2. The summed E-state index contributed by atoms with van der Waals surface area (Å²) in [5, 5.41) is 11.8. The maximum absolute atomic E-state index is 13.1. The van der Waals surface area contributed by atoms with Gasteiger partial charge in [-0.3, -0.25) is 14.5 Å². The largest absolute Gasteiger partial charge is 0.308 e. The predicted molar refractivity (Wildman–Crippen MR) is 127 cm³/mol. The number of fused-ring (bicyclic) bond motifs is 4. The van der Waals surface area contributed by atoms with Gasteiger partial charge in [0.25, 0.3) is 11.8 Å². The van der Waals surface area contributed by atoms with E-state index in [1.807, 2.05) is 60.7 Å². The Labute approximate surface area is 189 Å². The third kappa shape index (κ3) is 2.52. The smallest absolute Gasteiger partial charge is 0.263 e. The van der Waals surface area contributed by atoms with Crippen LogP contribution in [0.1, 0.15) is 26.3 Å². The van der Waals surface area contributed by atoms with Gasteiger partial charge < -0.3 is 4.57 Å². The average molecular weight is 427 g/mol. The molecule has 2 amide bonds. The summed E-state index contributed by atoms with van der Waals surface area (Å²) in [7, 11) is 1.51. The molecule has 6 rings (SSSR count). The molecule has 0 fully saturated rings. The van der Waals surface area contributed by atoms with Crippen LogP contribution in [-0.2, 0) is 0 Å². The van der Waals surface area contributed by atoms with Crippen LogP contribution in [0, 0.1) is 11.3 Å². The van der Waals surface area contributed by atoms with Crippen molar-refractivity contribution in [2.75, 3.05) is 7.05 Å². The van der Waals surface area contributed by atoms with E-state index < -0.39 is 0 Å². The minimum absolute atomic E-state index is 0.298. The summed E-state index contributed by atoms with van der Waals surface area (Å²) in [5.41, 5.74) is 5.57. The SMILES string of the molecule is CN1C(=O)c2cccc(-n3c4ccccc4c4cccc(-c5ccccc5C#N)c43)c2C1=O. The molecule has 0 saturated carbocycles. The number of hydrogen-bond acceptors (Lipinski definition) is 3. The molecule has 5 heteroatoms. The monoisotopic (exact) mass is 427 g/mol. The van der Waals surface area contributed by atoms with Crippen LogP contribution in [0.4, 0.5) is 0 Å². The van der Waals surface area contributed by atoms with E-state index in [-0.39, 0.29) is 11.8 Å². The highest BCUT2D eigenvalue weighted by Crippen LogP contribution is 2.40. The maximum atomic E-state index is 13.1. The summed E-state index contributed by atoms with van der Waals surface area (Å²) in [5.74, 6) is -0.612. The number of amides is 2. The zero-order chi connectivity index (χ0) is 22.7. The Kier molecular flexibility index (Phi) is 3.98. The number of imide groups is 1. The van der Waals surface area contributed by atoms with Crippen LogP contribution in [-0.4, -0.2) is 28.3 Å². The first-order chi connectivity index (χ1) is 16.1. The van der Waals surface area contributed by atoms with E-state index in [9.17, 15) is 14.9 Å². The fourth-order valence-electron chi connectivity index (χ4n) is 4.87. The minimum atomic E-state index is -0.313. The Morgan fingerprint density at radius 1 is 0.697 bits per heavy atom. The van der Waals surface area contributed by atoms with Crippen LogP contribution >= 0.6 is 0 Å². The van der Waals surface area contributed by atoms with Gasteiger partial charge in [-0.2, -0.15) is 5.26 Å². The van der Waals surface area contributed by atoms with Crippen molar-refractivity contribution in [1.29, 1.82) is 5.26 Å². The molecular formula is C28H17N3O2. The van der Waals surface area contributed by atoms with E-state index in [4.69, 9.17) is 0 Å². The number of carbonyl (C=O) groups excluding carboxylic acids is 2. The Morgan fingerprint density at radius 2 is 1.36 bits per heavy atom. The van der Waals surface area contributed by atoms with Crippen molar-refractivity contribution in [3.05, 3.63) is 102 Å². The van der Waals surface area contributed by atoms with Gasteiger partial charge in [0.2, 0.25) is 0 Å². The van der Waals surface area contributed by atoms with Gasteiger partial charge in [-0.1, -0.05) is 60.7 Å². The first-order valence-electron chi connectivity index (χ1n) is 10.6. The third-order valence-corrected chi connectivity index (χ3v) is 6.37. The van der Waals surface area contributed by atoms with Gasteiger partial charge in [-0.15, -0.1) is 0 Å². The lowest BCUT2D eigenvalue weighted by molar-refractivity contribution is 0.0693. The Bertz CT molecular complexity index is 1690. The lowest BCUT2D eigenvalue weighted by Gasteiger charge is -2.14. The van der Waals surface area contributed by atoms with Gasteiger partial charge in [0.05, 0.1) is 39.5 Å². The molecule has 0 radical (unpaired) electrons. The summed E-state index contributed by atoms with van der Waals surface area (Å²) in [6.07, 6.45) is 0. The summed E-state index contributed by atoms with van der Waals surface area (Å²) >= 11 is 0. The molecule has 0 atom stereocenters. The fraction of sp³-hybridized carbons (Fsp3) is 0.0357. The van der Waals surface area contributed by atoms with Crippen molar-refractivity contribution in [1.82, 2.24) is 9.47 Å². The molecule has 156 valence electrons. The van der Waals surface area contributed by atoms with Gasteiger partial charge in [-0.25, -0.2) is 0 Å².